The average molecular weight is 474 g/mol. The van der Waals surface area contributed by atoms with Gasteiger partial charge in [0.15, 0.2) is 0 Å². The third-order valence-electron chi connectivity index (χ3n) is 3.69. The first-order valence-electron chi connectivity index (χ1n) is 7.71. The van der Waals surface area contributed by atoms with E-state index in [-0.39, 0.29) is 11.7 Å². The molecule has 4 nitrogen and oxygen atoms in total. The number of nitrogens with one attached hydrogen (secondary N) is 1. The van der Waals surface area contributed by atoms with Crippen LogP contribution >= 0.6 is 31.9 Å². The number of amides is 1. The van der Waals surface area contributed by atoms with Crippen molar-refractivity contribution in [1.29, 1.82) is 0 Å². The highest BCUT2D eigenvalue weighted by Crippen LogP contribution is 2.25. The van der Waals surface area contributed by atoms with E-state index in [9.17, 15) is 9.90 Å². The summed E-state index contributed by atoms with van der Waals surface area (Å²) in [4.78, 5) is 12.1. The van der Waals surface area contributed by atoms with Gasteiger partial charge in [0.05, 0.1) is 6.21 Å². The summed E-state index contributed by atoms with van der Waals surface area (Å²) in [5.74, 6) is -0.248. The first-order chi connectivity index (χ1) is 12.5. The standard InChI is InChI=1S/C20H14Br2N2O2/c21-17-8-6-15(11-18(17)22)20(26)24-23-12-16-10-14(7-9-19(16)25)13-4-2-1-3-5-13/h1-12,25H,(H,24,26). The van der Waals surface area contributed by atoms with Crippen molar-refractivity contribution < 1.29 is 9.90 Å². The van der Waals surface area contributed by atoms with E-state index in [1.807, 2.05) is 42.5 Å². The van der Waals surface area contributed by atoms with Gasteiger partial charge >= 0.3 is 0 Å². The van der Waals surface area contributed by atoms with Gasteiger partial charge in [-0.05, 0) is 73.3 Å². The van der Waals surface area contributed by atoms with Crippen LogP contribution in [0.5, 0.6) is 5.75 Å². The summed E-state index contributed by atoms with van der Waals surface area (Å²) < 4.78 is 1.64. The van der Waals surface area contributed by atoms with Crippen molar-refractivity contribution in [2.75, 3.05) is 0 Å². The second-order valence-electron chi connectivity index (χ2n) is 5.47. The zero-order valence-electron chi connectivity index (χ0n) is 13.5. The third-order valence-corrected chi connectivity index (χ3v) is 5.57. The first kappa shape index (κ1) is 18.4. The summed E-state index contributed by atoms with van der Waals surface area (Å²) in [6.45, 7) is 0. The number of carbonyl (C=O) groups is 1. The Bertz CT molecular complexity index is 973. The van der Waals surface area contributed by atoms with E-state index in [0.29, 0.717) is 11.1 Å². The Kier molecular flexibility index (Phi) is 5.85. The van der Waals surface area contributed by atoms with Crippen LogP contribution in [0.4, 0.5) is 0 Å². The summed E-state index contributed by atoms with van der Waals surface area (Å²) in [6.07, 6.45) is 1.42. The Morgan fingerprint density at radius 1 is 0.923 bits per heavy atom. The SMILES string of the molecule is O=C(NN=Cc1cc(-c2ccccc2)ccc1O)c1ccc(Br)c(Br)c1. The van der Waals surface area contributed by atoms with Gasteiger partial charge in [-0.1, -0.05) is 36.4 Å². The van der Waals surface area contributed by atoms with Gasteiger partial charge in [0, 0.05) is 20.1 Å². The minimum atomic E-state index is -0.340. The number of hydrazone groups is 1. The van der Waals surface area contributed by atoms with Crippen LogP contribution in [-0.4, -0.2) is 17.2 Å². The number of carbonyl (C=O) groups excluding carboxylic acids is 1. The van der Waals surface area contributed by atoms with Crippen molar-refractivity contribution in [2.45, 2.75) is 0 Å². The van der Waals surface area contributed by atoms with Crippen LogP contribution in [-0.2, 0) is 0 Å². The molecule has 0 fully saturated rings. The molecular weight excluding hydrogens is 460 g/mol. The summed E-state index contributed by atoms with van der Waals surface area (Å²) in [5, 5.41) is 14.0. The molecule has 0 unspecified atom stereocenters. The normalized spacial score (nSPS) is 10.8. The molecule has 0 heterocycles. The monoisotopic (exact) mass is 472 g/mol. The fraction of sp³-hybridized carbons (Fsp3) is 0. The van der Waals surface area contributed by atoms with E-state index >= 15 is 0 Å². The Labute approximate surface area is 167 Å². The Hall–Kier alpha value is -2.44. The van der Waals surface area contributed by atoms with Gasteiger partial charge in [0.1, 0.15) is 5.75 Å². The second-order valence-corrected chi connectivity index (χ2v) is 7.18. The molecule has 6 heteroatoms. The molecule has 3 aromatic carbocycles. The highest BCUT2D eigenvalue weighted by atomic mass is 79.9. The van der Waals surface area contributed by atoms with Gasteiger partial charge in [-0.2, -0.15) is 5.10 Å². The Morgan fingerprint density at radius 2 is 1.69 bits per heavy atom. The smallest absolute Gasteiger partial charge is 0.271 e. The van der Waals surface area contributed by atoms with Crippen LogP contribution < -0.4 is 5.43 Å². The molecule has 0 radical (unpaired) electrons. The molecule has 0 aliphatic heterocycles. The molecule has 130 valence electrons. The number of benzene rings is 3. The maximum atomic E-state index is 12.1. The summed E-state index contributed by atoms with van der Waals surface area (Å²) in [7, 11) is 0. The number of halogens is 2. The van der Waals surface area contributed by atoms with Crippen molar-refractivity contribution in [3.8, 4) is 16.9 Å². The van der Waals surface area contributed by atoms with Crippen LogP contribution in [0.15, 0.2) is 80.8 Å². The molecular formula is C20H14Br2N2O2. The van der Waals surface area contributed by atoms with E-state index in [4.69, 9.17) is 0 Å². The lowest BCUT2D eigenvalue weighted by molar-refractivity contribution is 0.0955. The number of phenols is 1. The van der Waals surface area contributed by atoms with Gasteiger partial charge in [0.25, 0.3) is 5.91 Å². The molecule has 0 bridgehead atoms. The number of hydrogen-bond acceptors (Lipinski definition) is 3. The number of phenolic OH excluding ortho intramolecular Hbond substituents is 1. The van der Waals surface area contributed by atoms with Crippen molar-refractivity contribution >= 4 is 44.0 Å². The number of nitrogens with zero attached hydrogens (tertiary/aromatic N) is 1. The first-order valence-corrected chi connectivity index (χ1v) is 9.30. The average Bonchev–Trinajstić information content (AvgIpc) is 2.66. The largest absolute Gasteiger partial charge is 0.507 e. The van der Waals surface area contributed by atoms with Crippen molar-refractivity contribution in [1.82, 2.24) is 5.43 Å². The van der Waals surface area contributed by atoms with Crippen LogP contribution in [0, 0.1) is 0 Å². The van der Waals surface area contributed by atoms with Gasteiger partial charge in [-0.25, -0.2) is 5.43 Å². The molecule has 2 N–H and O–H groups in total. The molecule has 0 atom stereocenters. The summed E-state index contributed by atoms with van der Waals surface area (Å²) in [6, 6.07) is 20.2. The highest BCUT2D eigenvalue weighted by Gasteiger charge is 2.07. The van der Waals surface area contributed by atoms with Crippen molar-refractivity contribution in [3.63, 3.8) is 0 Å². The topological polar surface area (TPSA) is 61.7 Å². The maximum Gasteiger partial charge on any atom is 0.271 e. The van der Waals surface area contributed by atoms with Gasteiger partial charge in [-0.3, -0.25) is 4.79 Å². The predicted molar refractivity (Wildman–Crippen MR) is 110 cm³/mol. The van der Waals surface area contributed by atoms with E-state index in [0.717, 1.165) is 20.1 Å². The third kappa shape index (κ3) is 4.39. The number of rotatable bonds is 4. The quantitative estimate of drug-likeness (QED) is 0.396. The number of aromatic hydroxyl groups is 1. The lowest BCUT2D eigenvalue weighted by Gasteiger charge is -2.05. The molecule has 3 rings (SSSR count). The van der Waals surface area contributed by atoms with E-state index in [1.165, 1.54) is 6.21 Å². The molecule has 0 aliphatic rings. The van der Waals surface area contributed by atoms with Crippen molar-refractivity contribution in [3.05, 3.63) is 86.8 Å². The molecule has 0 saturated carbocycles. The molecule has 26 heavy (non-hydrogen) atoms. The lowest BCUT2D eigenvalue weighted by atomic mass is 10.0. The van der Waals surface area contributed by atoms with Gasteiger partial charge in [-0.15, -0.1) is 0 Å². The Balaban J connectivity index is 1.76. The second kappa shape index (κ2) is 8.29. The molecule has 0 spiro atoms. The summed E-state index contributed by atoms with van der Waals surface area (Å²) in [5.41, 5.74) is 5.44. The molecule has 0 aliphatic carbocycles. The fourth-order valence-corrected chi connectivity index (χ4v) is 2.96. The van der Waals surface area contributed by atoms with Crippen LogP contribution in [0.1, 0.15) is 15.9 Å². The summed E-state index contributed by atoms with van der Waals surface area (Å²) >= 11 is 6.72. The van der Waals surface area contributed by atoms with Crippen LogP contribution in [0.25, 0.3) is 11.1 Å². The van der Waals surface area contributed by atoms with E-state index < -0.39 is 0 Å². The predicted octanol–water partition coefficient (Wildman–Crippen LogP) is 5.35. The zero-order chi connectivity index (χ0) is 18.5. The molecule has 1 amide bonds. The molecule has 3 aromatic rings. The van der Waals surface area contributed by atoms with Gasteiger partial charge < -0.3 is 5.11 Å². The van der Waals surface area contributed by atoms with Crippen LogP contribution in [0.3, 0.4) is 0 Å². The highest BCUT2D eigenvalue weighted by molar-refractivity contribution is 9.13. The molecule has 0 saturated heterocycles. The van der Waals surface area contributed by atoms with E-state index in [1.54, 1.807) is 24.3 Å². The van der Waals surface area contributed by atoms with E-state index in [2.05, 4.69) is 42.4 Å². The minimum Gasteiger partial charge on any atom is -0.507 e. The minimum absolute atomic E-state index is 0.0917. The molecule has 0 aromatic heterocycles. The Morgan fingerprint density at radius 3 is 2.42 bits per heavy atom. The van der Waals surface area contributed by atoms with Crippen molar-refractivity contribution in [2.24, 2.45) is 5.10 Å². The zero-order valence-corrected chi connectivity index (χ0v) is 16.7. The number of hydrogen-bond donors (Lipinski definition) is 2. The maximum absolute atomic E-state index is 12.1. The lowest BCUT2D eigenvalue weighted by Crippen LogP contribution is -2.17. The van der Waals surface area contributed by atoms with Crippen LogP contribution in [0.2, 0.25) is 0 Å². The fourth-order valence-electron chi connectivity index (χ4n) is 2.33. The van der Waals surface area contributed by atoms with Gasteiger partial charge in [0.2, 0.25) is 0 Å².